The Balaban J connectivity index is 1.42. The smallest absolute Gasteiger partial charge is 0.275 e. The molecule has 4 N–H and O–H groups in total. The van der Waals surface area contributed by atoms with E-state index in [4.69, 9.17) is 11.5 Å². The molecule has 2 aromatic heterocycles. The fourth-order valence-electron chi connectivity index (χ4n) is 3.74. The van der Waals surface area contributed by atoms with Gasteiger partial charge in [0.05, 0.1) is 25.5 Å². The molecule has 0 aromatic carbocycles. The Kier molecular flexibility index (Phi) is 9.81. The predicted octanol–water partition coefficient (Wildman–Crippen LogP) is 4.64. The largest absolute Gasteiger partial charge is 0.287 e. The molecule has 0 aliphatic rings. The van der Waals surface area contributed by atoms with Gasteiger partial charge in [-0.05, 0) is 63.8 Å². The molecule has 0 fully saturated rings. The summed E-state index contributed by atoms with van der Waals surface area (Å²) in [4.78, 5) is 0. The maximum atomic E-state index is 6.12. The second kappa shape index (κ2) is 12.4. The molecule has 0 saturated heterocycles. The van der Waals surface area contributed by atoms with Crippen molar-refractivity contribution in [2.45, 2.75) is 91.1 Å². The molecular formula is C24H40N4+2. The molecule has 0 unspecified atom stereocenters. The molecule has 0 bridgehead atoms. The second-order valence-electron chi connectivity index (χ2n) is 8.08. The minimum atomic E-state index is 0.908. The van der Waals surface area contributed by atoms with Crippen LogP contribution in [-0.4, -0.2) is 0 Å². The summed E-state index contributed by atoms with van der Waals surface area (Å²) in [6, 6.07) is 8.31. The van der Waals surface area contributed by atoms with Gasteiger partial charge in [-0.1, -0.05) is 38.5 Å². The van der Waals surface area contributed by atoms with Gasteiger partial charge in [0.1, 0.15) is 0 Å². The Labute approximate surface area is 171 Å². The van der Waals surface area contributed by atoms with Gasteiger partial charge in [0.2, 0.25) is 0 Å². The van der Waals surface area contributed by atoms with Crippen LogP contribution < -0.4 is 20.6 Å². The lowest BCUT2D eigenvalue weighted by molar-refractivity contribution is -0.683. The van der Waals surface area contributed by atoms with E-state index in [1.807, 2.05) is 0 Å². The molecule has 4 nitrogen and oxygen atoms in total. The highest BCUT2D eigenvalue weighted by Gasteiger charge is 2.07. The number of nitrogens with two attached hydrogens (primary N) is 2. The summed E-state index contributed by atoms with van der Waals surface area (Å²) in [5, 5.41) is 0. The van der Waals surface area contributed by atoms with Crippen molar-refractivity contribution in [1.82, 2.24) is 0 Å². The molecule has 0 aliphatic carbocycles. The van der Waals surface area contributed by atoms with Crippen molar-refractivity contribution < 1.29 is 9.13 Å². The second-order valence-corrected chi connectivity index (χ2v) is 8.08. The zero-order valence-corrected chi connectivity index (χ0v) is 18.0. The molecule has 28 heavy (non-hydrogen) atoms. The van der Waals surface area contributed by atoms with Gasteiger partial charge in [-0.2, -0.15) is 0 Å². The number of nitrogen functional groups attached to an aromatic ring is 2. The van der Waals surface area contributed by atoms with Crippen molar-refractivity contribution in [3.63, 3.8) is 0 Å². The zero-order chi connectivity index (χ0) is 20.2. The fourth-order valence-corrected chi connectivity index (χ4v) is 3.74. The zero-order valence-electron chi connectivity index (χ0n) is 18.0. The van der Waals surface area contributed by atoms with Gasteiger partial charge in [-0.25, -0.2) is 9.13 Å². The number of nitrogens with zero attached hydrogens (tertiary/aromatic N) is 2. The molecule has 0 amide bonds. The van der Waals surface area contributed by atoms with E-state index in [0.717, 1.165) is 24.7 Å². The summed E-state index contributed by atoms with van der Waals surface area (Å²) >= 11 is 0. The molecule has 2 heterocycles. The highest BCUT2D eigenvalue weighted by molar-refractivity contribution is 5.32. The number of pyridine rings is 2. The summed E-state index contributed by atoms with van der Waals surface area (Å²) in [6.45, 7) is 6.22. The number of aromatic nitrogens is 2. The van der Waals surface area contributed by atoms with Crippen molar-refractivity contribution in [2.75, 3.05) is 11.5 Å². The first-order valence-electron chi connectivity index (χ1n) is 11.1. The molecular weight excluding hydrogens is 344 g/mol. The Morgan fingerprint density at radius 1 is 0.571 bits per heavy atom. The molecule has 0 radical (unpaired) electrons. The van der Waals surface area contributed by atoms with Crippen LogP contribution in [-0.2, 0) is 13.1 Å². The lowest BCUT2D eigenvalue weighted by atomic mass is 10.1. The monoisotopic (exact) mass is 384 g/mol. The average molecular weight is 385 g/mol. The lowest BCUT2D eigenvalue weighted by Gasteiger charge is -2.06. The topological polar surface area (TPSA) is 59.8 Å². The molecule has 0 spiro atoms. The Morgan fingerprint density at radius 3 is 1.25 bits per heavy atom. The fraction of sp³-hybridized carbons (Fsp3) is 0.583. The van der Waals surface area contributed by atoms with Crippen LogP contribution in [0, 0.1) is 13.8 Å². The van der Waals surface area contributed by atoms with Crippen molar-refractivity contribution in [3.05, 3.63) is 47.8 Å². The van der Waals surface area contributed by atoms with Gasteiger partial charge in [0.15, 0.2) is 0 Å². The van der Waals surface area contributed by atoms with E-state index in [9.17, 15) is 0 Å². The maximum Gasteiger partial charge on any atom is 0.275 e. The Morgan fingerprint density at radius 2 is 0.893 bits per heavy atom. The first kappa shape index (κ1) is 22.2. The summed E-state index contributed by atoms with van der Waals surface area (Å²) in [5.74, 6) is 1.82. The first-order valence-corrected chi connectivity index (χ1v) is 11.1. The van der Waals surface area contributed by atoms with Gasteiger partial charge < -0.3 is 0 Å². The van der Waals surface area contributed by atoms with Gasteiger partial charge in [0, 0.05) is 11.1 Å². The summed E-state index contributed by atoms with van der Waals surface area (Å²) in [6.07, 6.45) is 17.4. The van der Waals surface area contributed by atoms with E-state index in [1.54, 1.807) is 0 Å². The van der Waals surface area contributed by atoms with Gasteiger partial charge in [-0.3, -0.25) is 11.5 Å². The Hall–Kier alpha value is -2.10. The molecule has 2 aromatic rings. The summed E-state index contributed by atoms with van der Waals surface area (Å²) in [5.41, 5.74) is 14.6. The molecule has 0 aliphatic heterocycles. The van der Waals surface area contributed by atoms with Gasteiger partial charge in [-0.15, -0.1) is 0 Å². The number of hydrogen-bond acceptors (Lipinski definition) is 2. The molecule has 0 saturated carbocycles. The quantitative estimate of drug-likeness (QED) is 0.390. The van der Waals surface area contributed by atoms with Crippen molar-refractivity contribution in [2.24, 2.45) is 0 Å². The normalized spacial score (nSPS) is 11.1. The van der Waals surface area contributed by atoms with E-state index in [-0.39, 0.29) is 0 Å². The van der Waals surface area contributed by atoms with Crippen LogP contribution in [0.2, 0.25) is 0 Å². The number of hydrogen-bond donors (Lipinski definition) is 2. The van der Waals surface area contributed by atoms with E-state index in [0.29, 0.717) is 0 Å². The van der Waals surface area contributed by atoms with Crippen molar-refractivity contribution in [3.8, 4) is 0 Å². The number of rotatable bonds is 13. The van der Waals surface area contributed by atoms with Crippen LogP contribution in [0.15, 0.2) is 36.7 Å². The third-order valence-corrected chi connectivity index (χ3v) is 5.70. The molecule has 0 atom stereocenters. The first-order chi connectivity index (χ1) is 13.6. The van der Waals surface area contributed by atoms with Crippen molar-refractivity contribution in [1.29, 1.82) is 0 Å². The average Bonchev–Trinajstić information content (AvgIpc) is 2.69. The van der Waals surface area contributed by atoms with E-state index >= 15 is 0 Å². The van der Waals surface area contributed by atoms with Crippen LogP contribution >= 0.6 is 0 Å². The van der Waals surface area contributed by atoms with Crippen LogP contribution in [0.1, 0.15) is 75.3 Å². The van der Waals surface area contributed by atoms with Crippen molar-refractivity contribution >= 4 is 11.6 Å². The minimum Gasteiger partial charge on any atom is -0.287 e. The van der Waals surface area contributed by atoms with Crippen LogP contribution in [0.3, 0.4) is 0 Å². The lowest BCUT2D eigenvalue weighted by Crippen LogP contribution is -2.37. The van der Waals surface area contributed by atoms with E-state index in [1.165, 1.54) is 75.3 Å². The summed E-state index contributed by atoms with van der Waals surface area (Å²) < 4.78 is 4.36. The molecule has 4 heteroatoms. The highest BCUT2D eigenvalue weighted by Crippen LogP contribution is 2.11. The van der Waals surface area contributed by atoms with Gasteiger partial charge in [0.25, 0.3) is 11.6 Å². The number of unbranched alkanes of at least 4 members (excludes halogenated alkanes) is 9. The molecule has 2 rings (SSSR count). The maximum absolute atomic E-state index is 6.12. The van der Waals surface area contributed by atoms with Crippen LogP contribution in [0.5, 0.6) is 0 Å². The summed E-state index contributed by atoms with van der Waals surface area (Å²) in [7, 11) is 0. The van der Waals surface area contributed by atoms with E-state index < -0.39 is 0 Å². The predicted molar refractivity (Wildman–Crippen MR) is 118 cm³/mol. The third-order valence-electron chi connectivity index (χ3n) is 5.70. The minimum absolute atomic E-state index is 0.908. The Bertz CT molecular complexity index is 650. The highest BCUT2D eigenvalue weighted by atomic mass is 15.0. The molecule has 154 valence electrons. The van der Waals surface area contributed by atoms with Crippen LogP contribution in [0.4, 0.5) is 11.6 Å². The van der Waals surface area contributed by atoms with Crippen LogP contribution in [0.25, 0.3) is 0 Å². The van der Waals surface area contributed by atoms with E-state index in [2.05, 4.69) is 59.6 Å². The third kappa shape index (κ3) is 7.49. The SMILES string of the molecule is Cc1ccc[n+](CCCCCCCCCCCC[n+]2cccc(C)c2N)c1N. The standard InChI is InChI=1S/C24H38N4/c1-21-15-13-19-27(23(21)25)17-11-9-7-5-3-4-6-8-10-12-18-28-20-14-16-22(2)24(28)26/h13-16,19-20,25-26H,3-12,17-18H2,1-2H3/p+2. The number of anilines is 2. The van der Waals surface area contributed by atoms with Gasteiger partial charge >= 0.3 is 0 Å². The number of aryl methyl sites for hydroxylation is 4.